The molecule has 0 unspecified atom stereocenters. The van der Waals surface area contributed by atoms with E-state index in [0.29, 0.717) is 34.6 Å². The maximum Gasteiger partial charge on any atom is 0.274 e. The number of likely N-dealkylation sites (tertiary alicyclic amines) is 1. The highest BCUT2D eigenvalue weighted by Crippen LogP contribution is 2.23. The molecule has 5 aromatic rings. The number of β-amino-alcohol motifs (C(OH)–C–C–N with tert-alkyl or cyclic N) is 1. The molecule has 2 atom stereocenters. The number of fused-ring (bicyclic) bond motifs is 1. The Bertz CT molecular complexity index is 1740. The third-order valence-corrected chi connectivity index (χ3v) is 7.27. The molecule has 2 aromatic carbocycles. The number of benzene rings is 2. The zero-order valence-corrected chi connectivity index (χ0v) is 23.5. The summed E-state index contributed by atoms with van der Waals surface area (Å²) in [4.78, 5) is 24.3. The summed E-state index contributed by atoms with van der Waals surface area (Å²) in [5.41, 5.74) is 9.83. The molecule has 1 aliphatic rings. The van der Waals surface area contributed by atoms with Crippen LogP contribution >= 0.6 is 11.6 Å². The van der Waals surface area contributed by atoms with E-state index >= 15 is 0 Å². The molecule has 1 fully saturated rings. The van der Waals surface area contributed by atoms with E-state index in [1.54, 1.807) is 41.9 Å². The molecule has 12 nitrogen and oxygen atoms in total. The number of nitrogens with one attached hydrogen (secondary N) is 2. The fourth-order valence-corrected chi connectivity index (χ4v) is 5.08. The number of aromatic nitrogens is 6. The Morgan fingerprint density at radius 1 is 1.17 bits per heavy atom. The van der Waals surface area contributed by atoms with Crippen molar-refractivity contribution in [3.63, 3.8) is 0 Å². The number of nitrogens with zero attached hydrogens (tertiary/aromatic N) is 7. The topological polar surface area (TPSA) is 159 Å². The van der Waals surface area contributed by atoms with Gasteiger partial charge < -0.3 is 21.5 Å². The van der Waals surface area contributed by atoms with E-state index in [1.165, 1.54) is 0 Å². The van der Waals surface area contributed by atoms with Gasteiger partial charge in [-0.1, -0.05) is 41.9 Å². The van der Waals surface area contributed by atoms with Gasteiger partial charge in [0, 0.05) is 35.9 Å². The van der Waals surface area contributed by atoms with Crippen molar-refractivity contribution in [3.8, 4) is 11.3 Å². The quantitative estimate of drug-likeness (QED) is 0.212. The maximum atomic E-state index is 13.3. The second kappa shape index (κ2) is 11.7. The van der Waals surface area contributed by atoms with Crippen molar-refractivity contribution in [3.05, 3.63) is 89.0 Å². The van der Waals surface area contributed by atoms with Crippen molar-refractivity contribution < 1.29 is 9.90 Å². The van der Waals surface area contributed by atoms with E-state index in [4.69, 9.17) is 17.3 Å². The first kappa shape index (κ1) is 27.5. The molecule has 4 heterocycles. The van der Waals surface area contributed by atoms with Crippen molar-refractivity contribution in [2.24, 2.45) is 0 Å². The number of halogens is 1. The van der Waals surface area contributed by atoms with Gasteiger partial charge in [-0.25, -0.2) is 9.97 Å². The minimum absolute atomic E-state index is 0.0135. The van der Waals surface area contributed by atoms with E-state index in [-0.39, 0.29) is 17.6 Å². The maximum absolute atomic E-state index is 13.3. The van der Waals surface area contributed by atoms with E-state index < -0.39 is 11.9 Å². The van der Waals surface area contributed by atoms with Gasteiger partial charge in [0.25, 0.3) is 5.91 Å². The molecule has 0 bridgehead atoms. The van der Waals surface area contributed by atoms with Crippen molar-refractivity contribution >= 4 is 40.5 Å². The summed E-state index contributed by atoms with van der Waals surface area (Å²) >= 11 is 6.10. The number of anilines is 3. The number of carbonyl (C=O) groups excluding carboxylic acids is 1. The van der Waals surface area contributed by atoms with Gasteiger partial charge >= 0.3 is 0 Å². The molecular weight excluding hydrogens is 556 g/mol. The molecule has 1 amide bonds. The van der Waals surface area contributed by atoms with Gasteiger partial charge in [-0.05, 0) is 49.2 Å². The average molecular weight is 585 g/mol. The van der Waals surface area contributed by atoms with Crippen LogP contribution in [0.15, 0.2) is 66.9 Å². The van der Waals surface area contributed by atoms with Crippen LogP contribution in [0.2, 0.25) is 5.02 Å². The fourth-order valence-electron chi connectivity index (χ4n) is 4.89. The SMILES string of the molecule is C[C@@H](NC(=O)c1nc(-c2ccc(CN3CC[C@@H](O)C3)cc2)cnc1N)c1nnc2ccc(Nc3cccc(Cl)c3)nn12. The zero-order chi connectivity index (χ0) is 29.2. The standard InChI is InChI=1S/C29H29ClN10O2/c1-17(28-37-36-25-10-9-24(38-40(25)28)34-21-4-2-3-20(30)13-21)33-29(42)26-27(31)32-14-23(35-26)19-7-5-18(6-8-19)15-39-12-11-22(41)16-39/h2-10,13-14,17,22,41H,11-12,15-16H2,1H3,(H2,31,32)(H,33,42)(H,34,38)/t17-,22-/m1/s1. The lowest BCUT2D eigenvalue weighted by Crippen LogP contribution is -2.30. The number of carbonyl (C=O) groups is 1. The van der Waals surface area contributed by atoms with Gasteiger partial charge in [-0.3, -0.25) is 9.69 Å². The van der Waals surface area contributed by atoms with Crippen LogP contribution in [0.1, 0.15) is 41.3 Å². The van der Waals surface area contributed by atoms with Crippen LogP contribution in [0.25, 0.3) is 16.9 Å². The number of aliphatic hydroxyl groups excluding tert-OH is 1. The Morgan fingerprint density at radius 2 is 2.00 bits per heavy atom. The van der Waals surface area contributed by atoms with Gasteiger partial charge in [0.05, 0.1) is 24.0 Å². The Hall–Kier alpha value is -4.65. The van der Waals surface area contributed by atoms with Crippen molar-refractivity contribution in [2.75, 3.05) is 24.1 Å². The Labute approximate surface area is 246 Å². The molecule has 1 aliphatic heterocycles. The molecule has 0 aliphatic carbocycles. The second-order valence-corrected chi connectivity index (χ2v) is 10.7. The number of rotatable bonds is 8. The van der Waals surface area contributed by atoms with Crippen LogP contribution in [-0.4, -0.2) is 64.9 Å². The normalized spacial score (nSPS) is 16.0. The number of hydrogen-bond donors (Lipinski definition) is 4. The summed E-state index contributed by atoms with van der Waals surface area (Å²) in [5, 5.41) is 29.5. The molecule has 13 heteroatoms. The summed E-state index contributed by atoms with van der Waals surface area (Å²) in [5.74, 6) is 0.501. The number of aliphatic hydroxyl groups is 1. The molecule has 0 saturated carbocycles. The van der Waals surface area contributed by atoms with Gasteiger partial charge in [0.2, 0.25) is 0 Å². The van der Waals surface area contributed by atoms with Gasteiger partial charge in [-0.2, -0.15) is 4.52 Å². The van der Waals surface area contributed by atoms with Crippen molar-refractivity contribution in [1.29, 1.82) is 0 Å². The van der Waals surface area contributed by atoms with Crippen LogP contribution in [-0.2, 0) is 6.54 Å². The number of hydrogen-bond acceptors (Lipinski definition) is 10. The first-order valence-corrected chi connectivity index (χ1v) is 13.9. The Morgan fingerprint density at radius 3 is 2.76 bits per heavy atom. The fraction of sp³-hybridized carbons (Fsp3) is 0.241. The van der Waals surface area contributed by atoms with Crippen molar-refractivity contribution in [1.82, 2.24) is 40.0 Å². The number of nitrogen functional groups attached to an aromatic ring is 1. The zero-order valence-electron chi connectivity index (χ0n) is 22.8. The van der Waals surface area contributed by atoms with Gasteiger partial charge in [-0.15, -0.1) is 15.3 Å². The van der Waals surface area contributed by atoms with Gasteiger partial charge in [0.15, 0.2) is 28.8 Å². The molecule has 0 radical (unpaired) electrons. The highest BCUT2D eigenvalue weighted by Gasteiger charge is 2.22. The molecule has 214 valence electrons. The second-order valence-electron chi connectivity index (χ2n) is 10.2. The lowest BCUT2D eigenvalue weighted by atomic mass is 10.1. The lowest BCUT2D eigenvalue weighted by molar-refractivity contribution is 0.0933. The number of nitrogens with two attached hydrogens (primary N) is 1. The number of amides is 1. The Balaban J connectivity index is 1.17. The van der Waals surface area contributed by atoms with E-state index in [2.05, 4.69) is 40.8 Å². The van der Waals surface area contributed by atoms with Gasteiger partial charge in [0.1, 0.15) is 0 Å². The lowest BCUT2D eigenvalue weighted by Gasteiger charge is -2.15. The minimum atomic E-state index is -0.574. The first-order chi connectivity index (χ1) is 20.3. The molecular formula is C29H29ClN10O2. The monoisotopic (exact) mass is 584 g/mol. The molecule has 5 N–H and O–H groups in total. The Kier molecular flexibility index (Phi) is 7.66. The summed E-state index contributed by atoms with van der Waals surface area (Å²) in [6.45, 7) is 4.11. The molecule has 6 rings (SSSR count). The minimum Gasteiger partial charge on any atom is -0.392 e. The smallest absolute Gasteiger partial charge is 0.274 e. The van der Waals surface area contributed by atoms with E-state index in [0.717, 1.165) is 36.3 Å². The highest BCUT2D eigenvalue weighted by molar-refractivity contribution is 6.30. The van der Waals surface area contributed by atoms with Crippen LogP contribution in [0.4, 0.5) is 17.3 Å². The molecule has 1 saturated heterocycles. The predicted molar refractivity (Wildman–Crippen MR) is 159 cm³/mol. The molecule has 0 spiro atoms. The van der Waals surface area contributed by atoms with Crippen molar-refractivity contribution in [2.45, 2.75) is 32.0 Å². The van der Waals surface area contributed by atoms with E-state index in [1.807, 2.05) is 36.4 Å². The average Bonchev–Trinajstić information content (AvgIpc) is 3.59. The molecule has 42 heavy (non-hydrogen) atoms. The highest BCUT2D eigenvalue weighted by atomic mass is 35.5. The first-order valence-electron chi connectivity index (χ1n) is 13.5. The summed E-state index contributed by atoms with van der Waals surface area (Å²) < 4.78 is 1.56. The van der Waals surface area contributed by atoms with Crippen LogP contribution < -0.4 is 16.4 Å². The predicted octanol–water partition coefficient (Wildman–Crippen LogP) is 3.62. The summed E-state index contributed by atoms with van der Waals surface area (Å²) in [6, 6.07) is 18.2. The largest absolute Gasteiger partial charge is 0.392 e. The van der Waals surface area contributed by atoms with Crippen LogP contribution in [0, 0.1) is 0 Å². The third-order valence-electron chi connectivity index (χ3n) is 7.04. The van der Waals surface area contributed by atoms with Crippen LogP contribution in [0.5, 0.6) is 0 Å². The molecule has 3 aromatic heterocycles. The van der Waals surface area contributed by atoms with Crippen LogP contribution in [0.3, 0.4) is 0 Å². The summed E-state index contributed by atoms with van der Waals surface area (Å²) in [7, 11) is 0. The summed E-state index contributed by atoms with van der Waals surface area (Å²) in [6.07, 6.45) is 2.09. The van der Waals surface area contributed by atoms with E-state index in [9.17, 15) is 9.90 Å². The third kappa shape index (κ3) is 6.00.